The number of rotatable bonds is 2. The van der Waals surface area contributed by atoms with E-state index < -0.39 is 0 Å². The van der Waals surface area contributed by atoms with E-state index in [-0.39, 0.29) is 0 Å². The number of aromatic nitrogens is 1. The number of fused-ring (bicyclic) bond motifs is 9. The average Bonchev–Trinajstić information content (AvgIpc) is 3.71. The Morgan fingerprint density at radius 1 is 0.561 bits per heavy atom. The zero-order chi connectivity index (χ0) is 27.1. The first-order chi connectivity index (χ1) is 20.3. The van der Waals surface area contributed by atoms with Crippen LogP contribution in [0.2, 0.25) is 0 Å². The summed E-state index contributed by atoms with van der Waals surface area (Å²) in [6.07, 6.45) is 0. The summed E-state index contributed by atoms with van der Waals surface area (Å²) in [7, 11) is 0. The minimum Gasteiger partial charge on any atom is -0.455 e. The van der Waals surface area contributed by atoms with E-state index in [4.69, 9.17) is 11.0 Å². The van der Waals surface area contributed by atoms with Crippen molar-refractivity contribution in [3.8, 4) is 16.8 Å². The molecule has 190 valence electrons. The van der Waals surface area contributed by atoms with Crippen molar-refractivity contribution in [3.63, 3.8) is 0 Å². The second-order valence-corrected chi connectivity index (χ2v) is 11.4. The minimum absolute atomic E-state index is 0.676. The highest BCUT2D eigenvalue weighted by Gasteiger charge is 2.21. The standard InChI is InChI=1S/C37H20N2OS/c1-38-29-21-20-25(27-14-8-13-26-24-12-4-7-19-33(24)40-35(26)27)34-28-15-9-18-32(36(28)41-37(29)34)39-30-16-5-2-10-22(30)23-11-3-6-17-31(23)39/h2-21H. The fourth-order valence-corrected chi connectivity index (χ4v) is 7.79. The van der Waals surface area contributed by atoms with Crippen molar-refractivity contribution in [3.05, 3.63) is 133 Å². The highest BCUT2D eigenvalue weighted by molar-refractivity contribution is 7.27. The van der Waals surface area contributed by atoms with Crippen molar-refractivity contribution in [2.75, 3.05) is 0 Å². The van der Waals surface area contributed by atoms with E-state index in [1.807, 2.05) is 18.2 Å². The van der Waals surface area contributed by atoms with E-state index in [9.17, 15) is 0 Å². The molecular weight excluding hydrogens is 520 g/mol. The van der Waals surface area contributed by atoms with Gasteiger partial charge in [-0.3, -0.25) is 0 Å². The number of nitrogens with zero attached hydrogens (tertiary/aromatic N) is 2. The lowest BCUT2D eigenvalue weighted by molar-refractivity contribution is 0.670. The van der Waals surface area contributed by atoms with Crippen molar-refractivity contribution in [1.82, 2.24) is 4.57 Å². The second-order valence-electron chi connectivity index (χ2n) is 10.4. The fraction of sp³-hybridized carbons (Fsp3) is 0. The Bertz CT molecular complexity index is 2500. The molecule has 3 heterocycles. The summed E-state index contributed by atoms with van der Waals surface area (Å²) in [5, 5.41) is 6.95. The van der Waals surface area contributed by atoms with Crippen LogP contribution in [0.15, 0.2) is 126 Å². The predicted molar refractivity (Wildman–Crippen MR) is 173 cm³/mol. The van der Waals surface area contributed by atoms with Crippen LogP contribution in [0.3, 0.4) is 0 Å². The number of thiophene rings is 1. The minimum atomic E-state index is 0.676. The molecule has 0 aliphatic rings. The van der Waals surface area contributed by atoms with Gasteiger partial charge in [0.15, 0.2) is 0 Å². The van der Waals surface area contributed by atoms with Crippen LogP contribution >= 0.6 is 11.3 Å². The molecular formula is C37H20N2OS. The van der Waals surface area contributed by atoms with Crippen molar-refractivity contribution in [1.29, 1.82) is 0 Å². The van der Waals surface area contributed by atoms with Gasteiger partial charge >= 0.3 is 0 Å². The lowest BCUT2D eigenvalue weighted by Gasteiger charge is -2.10. The van der Waals surface area contributed by atoms with Crippen molar-refractivity contribution in [2.24, 2.45) is 0 Å². The zero-order valence-electron chi connectivity index (χ0n) is 21.8. The molecule has 0 spiro atoms. The first kappa shape index (κ1) is 22.4. The van der Waals surface area contributed by atoms with Gasteiger partial charge in [0.2, 0.25) is 5.69 Å². The van der Waals surface area contributed by atoms with Crippen LogP contribution in [-0.2, 0) is 0 Å². The summed E-state index contributed by atoms with van der Waals surface area (Å²) in [6, 6.07) is 42.4. The molecule has 3 nitrogen and oxygen atoms in total. The smallest absolute Gasteiger partial charge is 0.204 e. The molecule has 9 rings (SSSR count). The molecule has 3 aromatic heterocycles. The summed E-state index contributed by atoms with van der Waals surface area (Å²) in [5.41, 5.74) is 8.05. The molecule has 4 heteroatoms. The quantitative estimate of drug-likeness (QED) is 0.200. The SMILES string of the molecule is [C-]#[N+]c1ccc(-c2cccc3c2oc2ccccc23)c2c1sc1c(-n3c4ccccc4c4ccccc43)cccc12. The molecule has 0 saturated heterocycles. The molecule has 0 saturated carbocycles. The van der Waals surface area contributed by atoms with Crippen LogP contribution in [0, 0.1) is 6.57 Å². The molecule has 0 fully saturated rings. The van der Waals surface area contributed by atoms with Gasteiger partial charge in [0.1, 0.15) is 11.2 Å². The first-order valence-electron chi connectivity index (χ1n) is 13.6. The first-order valence-corrected chi connectivity index (χ1v) is 14.4. The van der Waals surface area contributed by atoms with E-state index in [1.165, 1.54) is 26.5 Å². The van der Waals surface area contributed by atoms with Crippen LogP contribution in [-0.4, -0.2) is 4.57 Å². The molecule has 0 bridgehead atoms. The summed E-state index contributed by atoms with van der Waals surface area (Å²) in [5.74, 6) is 0. The van der Waals surface area contributed by atoms with Crippen molar-refractivity contribution < 1.29 is 4.42 Å². The van der Waals surface area contributed by atoms with E-state index in [1.54, 1.807) is 11.3 Å². The summed E-state index contributed by atoms with van der Waals surface area (Å²) in [4.78, 5) is 3.95. The lowest BCUT2D eigenvalue weighted by atomic mass is 9.97. The molecule has 41 heavy (non-hydrogen) atoms. The Balaban J connectivity index is 1.42. The van der Waals surface area contributed by atoms with Crippen LogP contribution in [0.5, 0.6) is 0 Å². The highest BCUT2D eigenvalue weighted by Crippen LogP contribution is 2.48. The Labute approximate surface area is 238 Å². The van der Waals surface area contributed by atoms with Gasteiger partial charge in [0.05, 0.1) is 28.0 Å². The molecule has 0 aliphatic carbocycles. The maximum Gasteiger partial charge on any atom is 0.204 e. The van der Waals surface area contributed by atoms with Gasteiger partial charge < -0.3 is 8.98 Å². The van der Waals surface area contributed by atoms with Gasteiger partial charge in [-0.05, 0) is 35.2 Å². The van der Waals surface area contributed by atoms with Crippen LogP contribution in [0.25, 0.3) is 85.6 Å². The third kappa shape index (κ3) is 3.01. The molecule has 0 amide bonds. The van der Waals surface area contributed by atoms with Crippen LogP contribution < -0.4 is 0 Å². The summed E-state index contributed by atoms with van der Waals surface area (Å²) in [6.45, 7) is 8.00. The van der Waals surface area contributed by atoms with E-state index >= 15 is 0 Å². The monoisotopic (exact) mass is 540 g/mol. The number of para-hydroxylation sites is 4. The molecule has 0 N–H and O–H groups in total. The molecule has 9 aromatic rings. The Morgan fingerprint density at radius 2 is 1.22 bits per heavy atom. The second kappa shape index (κ2) is 8.32. The molecule has 0 unspecified atom stereocenters. The largest absolute Gasteiger partial charge is 0.455 e. The molecule has 0 aliphatic heterocycles. The van der Waals surface area contributed by atoms with Crippen molar-refractivity contribution in [2.45, 2.75) is 0 Å². The number of hydrogen-bond acceptors (Lipinski definition) is 2. The van der Waals surface area contributed by atoms with Gasteiger partial charge in [-0.2, -0.15) is 0 Å². The maximum atomic E-state index is 8.00. The van der Waals surface area contributed by atoms with E-state index in [2.05, 4.69) is 113 Å². The van der Waals surface area contributed by atoms with Crippen molar-refractivity contribution >= 4 is 80.9 Å². The Hall–Kier alpha value is -5.37. The summed E-state index contributed by atoms with van der Waals surface area (Å²) < 4.78 is 11.0. The van der Waals surface area contributed by atoms with Crippen LogP contribution in [0.1, 0.15) is 0 Å². The van der Waals surface area contributed by atoms with Gasteiger partial charge in [0.25, 0.3) is 0 Å². The number of benzene rings is 6. The molecule has 0 atom stereocenters. The molecule has 0 radical (unpaired) electrons. The highest BCUT2D eigenvalue weighted by atomic mass is 32.1. The Morgan fingerprint density at radius 3 is 2.00 bits per heavy atom. The number of furan rings is 1. The third-order valence-electron chi connectivity index (χ3n) is 8.24. The van der Waals surface area contributed by atoms with E-state index in [0.29, 0.717) is 5.69 Å². The summed E-state index contributed by atoms with van der Waals surface area (Å²) >= 11 is 1.71. The van der Waals surface area contributed by atoms with Gasteiger partial charge in [-0.25, -0.2) is 4.85 Å². The zero-order valence-corrected chi connectivity index (χ0v) is 22.6. The Kier molecular flexibility index (Phi) is 4.55. The normalized spacial score (nSPS) is 11.9. The van der Waals surface area contributed by atoms with E-state index in [0.717, 1.165) is 54.2 Å². The topological polar surface area (TPSA) is 22.4 Å². The average molecular weight is 541 g/mol. The van der Waals surface area contributed by atoms with Gasteiger partial charge in [-0.15, -0.1) is 11.3 Å². The maximum absolute atomic E-state index is 8.00. The fourth-order valence-electron chi connectivity index (χ4n) is 6.50. The van der Waals surface area contributed by atoms with Crippen LogP contribution in [0.4, 0.5) is 5.69 Å². The molecule has 6 aromatic carbocycles. The predicted octanol–water partition coefficient (Wildman–Crippen LogP) is 11.3. The number of hydrogen-bond donors (Lipinski definition) is 0. The van der Waals surface area contributed by atoms with Gasteiger partial charge in [0, 0.05) is 37.2 Å². The lowest BCUT2D eigenvalue weighted by Crippen LogP contribution is -1.93. The third-order valence-corrected chi connectivity index (χ3v) is 9.49. The van der Waals surface area contributed by atoms with Gasteiger partial charge in [-0.1, -0.05) is 97.1 Å².